The third kappa shape index (κ3) is 5.83. The van der Waals surface area contributed by atoms with Gasteiger partial charge in [0.05, 0.1) is 41.3 Å². The summed E-state index contributed by atoms with van der Waals surface area (Å²) in [5.41, 5.74) is -4.78. The second kappa shape index (κ2) is 13.1. The van der Waals surface area contributed by atoms with Gasteiger partial charge in [0, 0.05) is 31.1 Å². The van der Waals surface area contributed by atoms with Gasteiger partial charge >= 0.3 is 17.9 Å². The van der Waals surface area contributed by atoms with Gasteiger partial charge in [-0.3, -0.25) is 4.79 Å². The van der Waals surface area contributed by atoms with Crippen LogP contribution in [0.4, 0.5) is 0 Å². The minimum Gasteiger partial charge on any atom is -0.457 e. The molecule has 12 atom stereocenters. The van der Waals surface area contributed by atoms with Crippen molar-refractivity contribution >= 4 is 17.9 Å². The van der Waals surface area contributed by atoms with Crippen molar-refractivity contribution in [1.82, 2.24) is 0 Å². The molecule has 4 aliphatic rings. The maximum Gasteiger partial charge on any atom is 0.338 e. The predicted octanol–water partition coefficient (Wildman–Crippen LogP) is 3.74. The average Bonchev–Trinajstić information content (AvgIpc) is 3.29. The summed E-state index contributed by atoms with van der Waals surface area (Å²) in [5, 5.41) is 47.7. The summed E-state index contributed by atoms with van der Waals surface area (Å²) in [6, 6.07) is 8.34. The van der Waals surface area contributed by atoms with Crippen LogP contribution in [0.5, 0.6) is 0 Å². The summed E-state index contributed by atoms with van der Waals surface area (Å²) in [7, 11) is 0. The molecule has 272 valence electrons. The number of esters is 3. The lowest BCUT2D eigenvalue weighted by Crippen LogP contribution is -2.78. The van der Waals surface area contributed by atoms with E-state index in [2.05, 4.69) is 0 Å². The van der Waals surface area contributed by atoms with Gasteiger partial charge in [-0.25, -0.2) is 9.59 Å². The van der Waals surface area contributed by atoms with E-state index >= 15 is 0 Å². The first-order chi connectivity index (χ1) is 22.7. The van der Waals surface area contributed by atoms with E-state index in [1.807, 2.05) is 13.8 Å². The first-order valence-electron chi connectivity index (χ1n) is 17.5. The third-order valence-electron chi connectivity index (χ3n) is 12.2. The number of carbonyl (C=O) groups is 3. The zero-order valence-electron chi connectivity index (χ0n) is 30.1. The van der Waals surface area contributed by atoms with Gasteiger partial charge in [0.2, 0.25) is 0 Å². The molecule has 5 rings (SSSR count). The number of hydrogen-bond acceptors (Lipinski definition) is 11. The van der Waals surface area contributed by atoms with Crippen LogP contribution in [0.15, 0.2) is 41.5 Å². The SMILES string of the molecule is CC(=O)O[C@@]12CO[C@@H]1C[C@H](O)[C@]1(C)[C@@H]2[C@H](OC(=O)c2ccccc2)[C@]2(C(C)(C)O)C[C@H](OC(=O)[C@H](O)[C@@H](C)CC(C)C)C(C)=C2[C@H](C)[C@@H]1O. The lowest BCUT2D eigenvalue weighted by Gasteiger charge is -2.65. The highest BCUT2D eigenvalue weighted by atomic mass is 16.6. The highest BCUT2D eigenvalue weighted by Gasteiger charge is 2.78. The molecule has 1 aromatic carbocycles. The molecule has 1 aliphatic heterocycles. The van der Waals surface area contributed by atoms with Gasteiger partial charge in [0.15, 0.2) is 11.7 Å². The zero-order valence-corrected chi connectivity index (χ0v) is 30.1. The summed E-state index contributed by atoms with van der Waals surface area (Å²) < 4.78 is 24.7. The molecule has 49 heavy (non-hydrogen) atoms. The van der Waals surface area contributed by atoms with Gasteiger partial charge in [-0.2, -0.15) is 0 Å². The van der Waals surface area contributed by atoms with E-state index in [4.69, 9.17) is 18.9 Å². The molecule has 4 N–H and O–H groups in total. The monoisotopic (exact) mass is 686 g/mol. The predicted molar refractivity (Wildman–Crippen MR) is 178 cm³/mol. The molecular weight excluding hydrogens is 632 g/mol. The normalized spacial score (nSPS) is 38.3. The maximum absolute atomic E-state index is 14.1. The molecule has 3 aliphatic carbocycles. The molecule has 0 unspecified atom stereocenters. The van der Waals surface area contributed by atoms with E-state index in [0.29, 0.717) is 17.6 Å². The first-order valence-corrected chi connectivity index (χ1v) is 17.5. The molecule has 11 heteroatoms. The van der Waals surface area contributed by atoms with Crippen molar-refractivity contribution in [2.75, 3.05) is 6.61 Å². The number of benzene rings is 1. The fourth-order valence-corrected chi connectivity index (χ4v) is 9.90. The van der Waals surface area contributed by atoms with Crippen LogP contribution in [0, 0.1) is 34.5 Å². The van der Waals surface area contributed by atoms with Gasteiger partial charge in [-0.15, -0.1) is 0 Å². The van der Waals surface area contributed by atoms with Crippen molar-refractivity contribution in [3.05, 3.63) is 47.0 Å². The van der Waals surface area contributed by atoms with Crippen molar-refractivity contribution in [3.8, 4) is 0 Å². The van der Waals surface area contributed by atoms with E-state index in [9.17, 15) is 34.8 Å². The third-order valence-corrected chi connectivity index (χ3v) is 12.2. The molecule has 3 fully saturated rings. The average molecular weight is 687 g/mol. The smallest absolute Gasteiger partial charge is 0.338 e. The van der Waals surface area contributed by atoms with Crippen LogP contribution >= 0.6 is 0 Å². The van der Waals surface area contributed by atoms with Gasteiger partial charge in [0.1, 0.15) is 18.3 Å². The molecule has 1 aromatic rings. The van der Waals surface area contributed by atoms with Crippen molar-refractivity contribution < 1.29 is 53.8 Å². The zero-order chi connectivity index (χ0) is 36.4. The standard InChI is InChI=1S/C38H54O11/c1-19(2)15-20(3)29(41)34(44)47-25-17-37(35(7,8)45)28(21(25)4)22(5)31(42)36(9)26(40)16-27-38(18-46-27,49-23(6)39)30(36)32(37)48-33(43)24-13-11-10-12-14-24/h10-14,19-20,22,25-27,29-32,40-42,45H,15-18H2,1-9H3/t20-,22-,25-,26-,27+,29+,30-,31-,32-,36+,37-,38-/m0/s1. The lowest BCUT2D eigenvalue weighted by atomic mass is 9.49. The fourth-order valence-electron chi connectivity index (χ4n) is 9.90. The molecule has 0 amide bonds. The summed E-state index contributed by atoms with van der Waals surface area (Å²) >= 11 is 0. The number of aliphatic hydroxyl groups excluding tert-OH is 3. The topological polar surface area (TPSA) is 169 Å². The van der Waals surface area contributed by atoms with Crippen LogP contribution in [0.1, 0.15) is 91.9 Å². The molecular formula is C38H54O11. The summed E-state index contributed by atoms with van der Waals surface area (Å²) in [6.45, 7) is 15.4. The van der Waals surface area contributed by atoms with Crippen molar-refractivity contribution in [2.24, 2.45) is 34.5 Å². The highest BCUT2D eigenvalue weighted by Crippen LogP contribution is 2.69. The second-order valence-electron chi connectivity index (χ2n) is 16.2. The Morgan fingerprint density at radius 1 is 1.08 bits per heavy atom. The Balaban J connectivity index is 1.74. The molecule has 1 heterocycles. The number of carbonyl (C=O) groups excluding carboxylic acids is 3. The van der Waals surface area contributed by atoms with Crippen molar-refractivity contribution in [2.45, 2.75) is 129 Å². The quantitative estimate of drug-likeness (QED) is 0.170. The van der Waals surface area contributed by atoms with Crippen LogP contribution in [0.2, 0.25) is 0 Å². The van der Waals surface area contributed by atoms with E-state index < -0.39 is 88.4 Å². The Morgan fingerprint density at radius 3 is 2.24 bits per heavy atom. The largest absolute Gasteiger partial charge is 0.457 e. The second-order valence-corrected chi connectivity index (χ2v) is 16.2. The number of rotatable bonds is 9. The first kappa shape index (κ1) is 37.4. The van der Waals surface area contributed by atoms with Gasteiger partial charge in [-0.05, 0) is 62.3 Å². The molecule has 0 radical (unpaired) electrons. The summed E-state index contributed by atoms with van der Waals surface area (Å²) in [5.74, 6) is -4.12. The Labute approximate surface area is 289 Å². The molecule has 11 nitrogen and oxygen atoms in total. The van der Waals surface area contributed by atoms with Crippen LogP contribution in [0.3, 0.4) is 0 Å². The maximum atomic E-state index is 14.1. The molecule has 0 bridgehead atoms. The molecule has 1 saturated heterocycles. The van der Waals surface area contributed by atoms with E-state index in [1.54, 1.807) is 71.9 Å². The Hall–Kier alpha value is -2.83. The highest BCUT2D eigenvalue weighted by molar-refractivity contribution is 5.89. The van der Waals surface area contributed by atoms with Crippen LogP contribution in [-0.4, -0.2) is 92.8 Å². The van der Waals surface area contributed by atoms with Gasteiger partial charge < -0.3 is 39.4 Å². The molecule has 0 spiro atoms. The van der Waals surface area contributed by atoms with E-state index in [0.717, 1.165) is 0 Å². The van der Waals surface area contributed by atoms with Crippen LogP contribution < -0.4 is 0 Å². The minimum absolute atomic E-state index is 0.0592. The molecule has 0 aromatic heterocycles. The van der Waals surface area contributed by atoms with Crippen LogP contribution in [-0.2, 0) is 28.5 Å². The van der Waals surface area contributed by atoms with Gasteiger partial charge in [-0.1, -0.05) is 52.8 Å². The van der Waals surface area contributed by atoms with Crippen molar-refractivity contribution in [1.29, 1.82) is 0 Å². The summed E-state index contributed by atoms with van der Waals surface area (Å²) in [4.78, 5) is 40.4. The number of ether oxygens (including phenoxy) is 4. The Kier molecular flexibility index (Phi) is 9.97. The van der Waals surface area contributed by atoms with Gasteiger partial charge in [0.25, 0.3) is 0 Å². The van der Waals surface area contributed by atoms with E-state index in [-0.39, 0.29) is 36.8 Å². The number of fused-ring (bicyclic) bond motifs is 4. The summed E-state index contributed by atoms with van der Waals surface area (Å²) in [6.07, 6.45) is -6.33. The number of hydrogen-bond donors (Lipinski definition) is 4. The fraction of sp³-hybridized carbons (Fsp3) is 0.711. The molecule has 2 saturated carbocycles. The lowest BCUT2D eigenvalue weighted by molar-refractivity contribution is -0.350. The Bertz CT molecular complexity index is 1470. The minimum atomic E-state index is -1.70. The van der Waals surface area contributed by atoms with Crippen molar-refractivity contribution in [3.63, 3.8) is 0 Å². The Morgan fingerprint density at radius 2 is 1.71 bits per heavy atom. The number of aliphatic hydroxyl groups is 4. The van der Waals surface area contributed by atoms with Crippen LogP contribution in [0.25, 0.3) is 0 Å². The van der Waals surface area contributed by atoms with E-state index in [1.165, 1.54) is 6.92 Å².